The fourth-order valence-corrected chi connectivity index (χ4v) is 5.40. The number of hydrogen-bond acceptors (Lipinski definition) is 5. The fraction of sp³-hybridized carbons (Fsp3) is 0.200. The molecule has 3 heterocycles. The van der Waals surface area contributed by atoms with Crippen molar-refractivity contribution >= 4 is 22.7 Å². The van der Waals surface area contributed by atoms with E-state index in [-0.39, 0.29) is 15.9 Å². The van der Waals surface area contributed by atoms with E-state index in [1.54, 1.807) is 0 Å². The maximum Gasteiger partial charge on any atom is 0.417 e. The fourth-order valence-electron chi connectivity index (χ4n) is 4.41. The highest BCUT2D eigenvalue weighted by molar-refractivity contribution is 7.99. The Bertz CT molecular complexity index is 1620. The maximum absolute atomic E-state index is 13.6. The van der Waals surface area contributed by atoms with Crippen LogP contribution in [-0.2, 0) is 11.6 Å². The summed E-state index contributed by atoms with van der Waals surface area (Å²) < 4.78 is 47.1. The zero-order valence-corrected chi connectivity index (χ0v) is 19.1. The number of aryl methyl sites for hydroxylation is 1. The molecule has 0 bridgehead atoms. The monoisotopic (exact) mass is 485 g/mol. The van der Waals surface area contributed by atoms with Gasteiger partial charge in [-0.1, -0.05) is 55.4 Å². The molecule has 0 aliphatic carbocycles. The van der Waals surface area contributed by atoms with Crippen LogP contribution in [0, 0.1) is 6.92 Å². The van der Waals surface area contributed by atoms with Crippen molar-refractivity contribution in [2.45, 2.75) is 42.2 Å². The lowest BCUT2D eigenvalue weighted by Gasteiger charge is -2.20. The summed E-state index contributed by atoms with van der Waals surface area (Å²) in [6, 6.07) is 11.9. The Hall–Kier alpha value is -3.46. The van der Waals surface area contributed by atoms with Gasteiger partial charge in [0.25, 0.3) is 5.56 Å². The Labute approximate surface area is 195 Å². The van der Waals surface area contributed by atoms with Crippen molar-refractivity contribution in [1.29, 1.82) is 0 Å². The largest absolute Gasteiger partial charge is 0.505 e. The number of pyridine rings is 1. The molecular formula is C25H18F3NO4S. The average Bonchev–Trinajstić information content (AvgIpc) is 2.97. The topological polar surface area (TPSA) is 72.4 Å². The zero-order valence-electron chi connectivity index (χ0n) is 18.3. The highest BCUT2D eigenvalue weighted by atomic mass is 32.2. The molecule has 1 aliphatic rings. The van der Waals surface area contributed by atoms with Crippen LogP contribution in [0.25, 0.3) is 16.7 Å². The zero-order chi connectivity index (χ0) is 24.6. The molecule has 0 amide bonds. The number of aromatic hydroxyl groups is 1. The van der Waals surface area contributed by atoms with E-state index in [1.165, 1.54) is 28.8 Å². The van der Waals surface area contributed by atoms with Gasteiger partial charge in [0.15, 0.2) is 5.75 Å². The van der Waals surface area contributed by atoms with Gasteiger partial charge in [-0.3, -0.25) is 9.36 Å². The number of halogens is 3. The Morgan fingerprint density at radius 1 is 1.06 bits per heavy atom. The third-order valence-corrected chi connectivity index (χ3v) is 7.26. The molecule has 0 saturated carbocycles. The minimum atomic E-state index is -4.66. The first-order valence-electron chi connectivity index (χ1n) is 10.3. The molecule has 2 aromatic carbocycles. The highest BCUT2D eigenvalue weighted by Crippen LogP contribution is 2.45. The minimum Gasteiger partial charge on any atom is -0.505 e. The molecular weight excluding hydrogens is 467 g/mol. The van der Waals surface area contributed by atoms with Gasteiger partial charge in [0.1, 0.15) is 15.9 Å². The lowest BCUT2D eigenvalue weighted by atomic mass is 9.82. The van der Waals surface area contributed by atoms with E-state index < -0.39 is 39.0 Å². The summed E-state index contributed by atoms with van der Waals surface area (Å²) in [6.07, 6.45) is -4.66. The Balaban J connectivity index is 1.77. The molecule has 1 aliphatic heterocycles. The molecule has 2 aromatic heterocycles. The highest BCUT2D eigenvalue weighted by Gasteiger charge is 2.38. The minimum absolute atomic E-state index is 0.121. The second-order valence-corrected chi connectivity index (χ2v) is 9.77. The van der Waals surface area contributed by atoms with E-state index in [9.17, 15) is 27.9 Å². The summed E-state index contributed by atoms with van der Waals surface area (Å²) in [5.41, 5.74) is -0.182. The van der Waals surface area contributed by atoms with Crippen molar-refractivity contribution in [3.05, 3.63) is 91.7 Å². The summed E-state index contributed by atoms with van der Waals surface area (Å²) in [5.74, 6) is -0.702. The summed E-state index contributed by atoms with van der Waals surface area (Å²) >= 11 is 0.414. The molecule has 0 radical (unpaired) electrons. The molecule has 1 N–H and O–H groups in total. The van der Waals surface area contributed by atoms with Crippen LogP contribution in [0.4, 0.5) is 13.2 Å². The second-order valence-electron chi connectivity index (χ2n) is 8.72. The summed E-state index contributed by atoms with van der Waals surface area (Å²) in [4.78, 5) is 25.5. The third kappa shape index (κ3) is 3.18. The molecule has 174 valence electrons. The standard InChI is InChI=1S/C25H18F3NO4S/c1-12-8-9-15-14(10-12)24(2,3)18-11-16-19(22(31)29(15)18)20(30)21(23(32)33-16)34-17-7-5-4-6-13(17)25(26,27)28/h4-11,30H,1-3H3. The third-order valence-electron chi connectivity index (χ3n) is 6.12. The second kappa shape index (κ2) is 7.27. The van der Waals surface area contributed by atoms with Crippen LogP contribution in [-0.4, -0.2) is 9.67 Å². The van der Waals surface area contributed by atoms with Crippen LogP contribution in [0.5, 0.6) is 5.75 Å². The Kier molecular flexibility index (Phi) is 4.77. The van der Waals surface area contributed by atoms with Gasteiger partial charge in [0, 0.05) is 22.1 Å². The van der Waals surface area contributed by atoms with E-state index >= 15 is 0 Å². The number of benzene rings is 2. The maximum atomic E-state index is 13.6. The van der Waals surface area contributed by atoms with E-state index in [2.05, 4.69) is 0 Å². The molecule has 0 saturated heterocycles. The SMILES string of the molecule is Cc1ccc2c(c1)C(C)(C)c1cc3oc(=O)c(Sc4ccccc4C(F)(F)F)c(O)c3c(=O)n1-2. The first-order chi connectivity index (χ1) is 15.9. The molecule has 0 fully saturated rings. The normalized spacial score (nSPS) is 14.3. The number of nitrogens with zero attached hydrogens (tertiary/aromatic N) is 1. The Morgan fingerprint density at radius 2 is 1.76 bits per heavy atom. The lowest BCUT2D eigenvalue weighted by Crippen LogP contribution is -2.24. The van der Waals surface area contributed by atoms with Crippen LogP contribution in [0.3, 0.4) is 0 Å². The van der Waals surface area contributed by atoms with Gasteiger partial charge in [0.2, 0.25) is 0 Å². The first-order valence-corrected chi connectivity index (χ1v) is 11.1. The van der Waals surface area contributed by atoms with Crippen molar-refractivity contribution in [3.8, 4) is 11.4 Å². The van der Waals surface area contributed by atoms with E-state index in [1.807, 2.05) is 39.0 Å². The van der Waals surface area contributed by atoms with Gasteiger partial charge in [0.05, 0.1) is 11.3 Å². The molecule has 5 nitrogen and oxygen atoms in total. The first kappa shape index (κ1) is 22.3. The molecule has 0 unspecified atom stereocenters. The van der Waals surface area contributed by atoms with Crippen molar-refractivity contribution < 1.29 is 22.7 Å². The van der Waals surface area contributed by atoms with Crippen LogP contribution in [0.2, 0.25) is 0 Å². The predicted molar refractivity (Wildman–Crippen MR) is 122 cm³/mol. The van der Waals surface area contributed by atoms with Crippen LogP contribution in [0.1, 0.15) is 36.2 Å². The van der Waals surface area contributed by atoms with Gasteiger partial charge in [-0.05, 0) is 30.7 Å². The number of alkyl halides is 3. The molecule has 0 spiro atoms. The van der Waals surface area contributed by atoms with Crippen molar-refractivity contribution in [2.24, 2.45) is 0 Å². The summed E-state index contributed by atoms with van der Waals surface area (Å²) in [7, 11) is 0. The quantitative estimate of drug-likeness (QED) is 0.391. The number of fused-ring (bicyclic) bond motifs is 4. The predicted octanol–water partition coefficient (Wildman–Crippen LogP) is 5.77. The van der Waals surface area contributed by atoms with Crippen LogP contribution in [0.15, 0.2) is 72.3 Å². The molecule has 5 rings (SSSR count). The number of aromatic nitrogens is 1. The smallest absolute Gasteiger partial charge is 0.417 e. The molecule has 4 aromatic rings. The van der Waals surface area contributed by atoms with E-state index in [0.29, 0.717) is 23.1 Å². The van der Waals surface area contributed by atoms with Crippen molar-refractivity contribution in [2.75, 3.05) is 0 Å². The summed E-state index contributed by atoms with van der Waals surface area (Å²) in [5, 5.41) is 10.7. The van der Waals surface area contributed by atoms with Crippen molar-refractivity contribution in [3.63, 3.8) is 0 Å². The number of rotatable bonds is 2. The molecule has 0 atom stereocenters. The lowest BCUT2D eigenvalue weighted by molar-refractivity contribution is -0.139. The van der Waals surface area contributed by atoms with Gasteiger partial charge < -0.3 is 9.52 Å². The Morgan fingerprint density at radius 3 is 2.47 bits per heavy atom. The molecule has 9 heteroatoms. The van der Waals surface area contributed by atoms with E-state index in [4.69, 9.17) is 4.42 Å². The summed E-state index contributed by atoms with van der Waals surface area (Å²) in [6.45, 7) is 5.81. The number of hydrogen-bond donors (Lipinski definition) is 1. The van der Waals surface area contributed by atoms with Crippen molar-refractivity contribution in [1.82, 2.24) is 4.57 Å². The average molecular weight is 485 g/mol. The van der Waals surface area contributed by atoms with Gasteiger partial charge in [-0.15, -0.1) is 0 Å². The van der Waals surface area contributed by atoms with Crippen LogP contribution < -0.4 is 11.2 Å². The van der Waals surface area contributed by atoms with Gasteiger partial charge >= 0.3 is 11.8 Å². The molecule has 34 heavy (non-hydrogen) atoms. The van der Waals surface area contributed by atoms with Crippen LogP contribution >= 0.6 is 11.8 Å². The van der Waals surface area contributed by atoms with Gasteiger partial charge in [-0.25, -0.2) is 4.79 Å². The van der Waals surface area contributed by atoms with Gasteiger partial charge in [-0.2, -0.15) is 13.2 Å². The van der Waals surface area contributed by atoms with E-state index in [0.717, 1.165) is 17.2 Å².